The Labute approximate surface area is 190 Å². The zero-order valence-electron chi connectivity index (χ0n) is 18.3. The topological polar surface area (TPSA) is 87.7 Å². The van der Waals surface area contributed by atoms with E-state index >= 15 is 0 Å². The number of rotatable bonds is 6. The largest absolute Gasteiger partial charge is 0.611 e. The van der Waals surface area contributed by atoms with Crippen molar-refractivity contribution in [2.75, 3.05) is 13.2 Å². The van der Waals surface area contributed by atoms with Crippen molar-refractivity contribution in [2.45, 2.75) is 37.3 Å². The van der Waals surface area contributed by atoms with Gasteiger partial charge in [0.2, 0.25) is 0 Å². The highest BCUT2D eigenvalue weighted by molar-refractivity contribution is 7.90. The number of carbonyl (C=O) groups is 2. The number of cyclic esters (lactones) is 1. The molecule has 2 unspecified atom stereocenters. The SMILES string of the molecule is CCOC(=O)C1=C(C)NC2=C(C(=O)OC2)C1c1ccccc1[S+]([O-])Cc1cccc(C)c1. The fraction of sp³-hybridized carbons (Fsp3) is 0.280. The lowest BCUT2D eigenvalue weighted by molar-refractivity contribution is -0.138. The van der Waals surface area contributed by atoms with Gasteiger partial charge < -0.3 is 19.3 Å². The molecule has 7 heteroatoms. The second-order valence-corrected chi connectivity index (χ2v) is 9.22. The lowest BCUT2D eigenvalue weighted by Crippen LogP contribution is -2.31. The zero-order chi connectivity index (χ0) is 22.8. The number of dihydropyridines is 1. The highest BCUT2D eigenvalue weighted by Crippen LogP contribution is 2.43. The second-order valence-electron chi connectivity index (χ2n) is 7.80. The fourth-order valence-electron chi connectivity index (χ4n) is 4.21. The molecule has 32 heavy (non-hydrogen) atoms. The Hall–Kier alpha value is -3.03. The summed E-state index contributed by atoms with van der Waals surface area (Å²) in [5.41, 5.74) is 4.64. The molecule has 0 radical (unpaired) electrons. The van der Waals surface area contributed by atoms with Crippen molar-refractivity contribution < 1.29 is 23.6 Å². The Morgan fingerprint density at radius 1 is 1.22 bits per heavy atom. The normalized spacial score (nSPS) is 18.8. The van der Waals surface area contributed by atoms with Crippen LogP contribution < -0.4 is 5.32 Å². The minimum absolute atomic E-state index is 0.118. The molecule has 4 rings (SSSR count). The molecule has 2 aromatic rings. The molecule has 0 saturated heterocycles. The Kier molecular flexibility index (Phi) is 6.39. The summed E-state index contributed by atoms with van der Waals surface area (Å²) in [5.74, 6) is -1.37. The van der Waals surface area contributed by atoms with Gasteiger partial charge in [-0.25, -0.2) is 9.59 Å². The van der Waals surface area contributed by atoms with E-state index in [2.05, 4.69) is 5.32 Å². The molecule has 0 aliphatic carbocycles. The average Bonchev–Trinajstić information content (AvgIpc) is 3.13. The smallest absolute Gasteiger partial charge is 0.337 e. The number of allylic oxidation sites excluding steroid dienone is 1. The van der Waals surface area contributed by atoms with Gasteiger partial charge in [0.25, 0.3) is 0 Å². The van der Waals surface area contributed by atoms with Crippen molar-refractivity contribution in [1.82, 2.24) is 5.32 Å². The van der Waals surface area contributed by atoms with Crippen LogP contribution in [0.25, 0.3) is 0 Å². The maximum Gasteiger partial charge on any atom is 0.337 e. The quantitative estimate of drug-likeness (QED) is 0.533. The van der Waals surface area contributed by atoms with Crippen molar-refractivity contribution in [3.63, 3.8) is 0 Å². The van der Waals surface area contributed by atoms with Crippen molar-refractivity contribution >= 4 is 23.1 Å². The lowest BCUT2D eigenvalue weighted by Gasteiger charge is -2.28. The summed E-state index contributed by atoms with van der Waals surface area (Å²) in [7, 11) is 0. The minimum Gasteiger partial charge on any atom is -0.611 e. The van der Waals surface area contributed by atoms with E-state index in [9.17, 15) is 14.1 Å². The van der Waals surface area contributed by atoms with Crippen LogP contribution >= 0.6 is 0 Å². The number of nitrogens with one attached hydrogen (secondary N) is 1. The zero-order valence-corrected chi connectivity index (χ0v) is 19.1. The van der Waals surface area contributed by atoms with Crippen LogP contribution in [0.5, 0.6) is 0 Å². The van der Waals surface area contributed by atoms with Crippen LogP contribution in [-0.4, -0.2) is 29.7 Å². The third kappa shape index (κ3) is 4.18. The Morgan fingerprint density at radius 3 is 2.75 bits per heavy atom. The summed E-state index contributed by atoms with van der Waals surface area (Å²) in [6, 6.07) is 15.1. The minimum atomic E-state index is -1.39. The van der Waals surface area contributed by atoms with E-state index in [0.717, 1.165) is 11.1 Å². The monoisotopic (exact) mass is 451 g/mol. The molecule has 6 nitrogen and oxygen atoms in total. The molecule has 2 aromatic carbocycles. The standard InChI is InChI=1S/C25H25NO5S/c1-4-30-24(27)21-16(3)26-19-13-31-25(28)23(19)22(21)18-10-5-6-11-20(18)32(29)14-17-9-7-8-15(2)12-17/h5-12,22,26H,4,13-14H2,1-3H3. The summed E-state index contributed by atoms with van der Waals surface area (Å²) in [6.07, 6.45) is 0. The molecule has 0 spiro atoms. The van der Waals surface area contributed by atoms with Crippen LogP contribution in [-0.2, 0) is 36.0 Å². The van der Waals surface area contributed by atoms with E-state index in [1.165, 1.54) is 0 Å². The molecular weight excluding hydrogens is 426 g/mol. The van der Waals surface area contributed by atoms with E-state index in [1.54, 1.807) is 19.9 Å². The molecule has 0 bridgehead atoms. The van der Waals surface area contributed by atoms with E-state index in [0.29, 0.717) is 38.8 Å². The van der Waals surface area contributed by atoms with E-state index in [4.69, 9.17) is 9.47 Å². The van der Waals surface area contributed by atoms with Gasteiger partial charge in [-0.3, -0.25) is 0 Å². The summed E-state index contributed by atoms with van der Waals surface area (Å²) in [5, 5.41) is 3.13. The molecule has 1 N–H and O–H groups in total. The van der Waals surface area contributed by atoms with Gasteiger partial charge in [-0.1, -0.05) is 48.0 Å². The van der Waals surface area contributed by atoms with Crippen LogP contribution in [0.3, 0.4) is 0 Å². The molecule has 0 saturated carbocycles. The van der Waals surface area contributed by atoms with Crippen molar-refractivity contribution in [1.29, 1.82) is 0 Å². The Bertz CT molecular complexity index is 1140. The fourth-order valence-corrected chi connectivity index (χ4v) is 5.53. The van der Waals surface area contributed by atoms with E-state index < -0.39 is 29.0 Å². The van der Waals surface area contributed by atoms with Crippen LogP contribution in [0.2, 0.25) is 0 Å². The number of carbonyl (C=O) groups excluding carboxylic acids is 2. The van der Waals surface area contributed by atoms with Crippen LogP contribution in [0.15, 0.2) is 76.0 Å². The van der Waals surface area contributed by atoms with Crippen molar-refractivity contribution in [2.24, 2.45) is 0 Å². The number of ether oxygens (including phenoxy) is 2. The van der Waals surface area contributed by atoms with Crippen molar-refractivity contribution in [3.8, 4) is 0 Å². The van der Waals surface area contributed by atoms with Gasteiger partial charge in [0.15, 0.2) is 4.90 Å². The first-order valence-electron chi connectivity index (χ1n) is 10.5. The van der Waals surface area contributed by atoms with Crippen molar-refractivity contribution in [3.05, 3.63) is 87.8 Å². The van der Waals surface area contributed by atoms with Gasteiger partial charge >= 0.3 is 11.9 Å². The molecule has 2 aliphatic rings. The summed E-state index contributed by atoms with van der Waals surface area (Å²) in [6.45, 7) is 5.83. The first-order chi connectivity index (χ1) is 15.4. The number of benzene rings is 2. The van der Waals surface area contributed by atoms with E-state index in [1.807, 2.05) is 49.4 Å². The van der Waals surface area contributed by atoms with Crippen LogP contribution in [0.1, 0.15) is 36.5 Å². The highest BCUT2D eigenvalue weighted by Gasteiger charge is 2.43. The molecule has 2 atom stereocenters. The molecule has 0 aromatic heterocycles. The summed E-state index contributed by atoms with van der Waals surface area (Å²) in [4.78, 5) is 26.2. The maximum absolute atomic E-state index is 13.5. The second kappa shape index (κ2) is 9.22. The van der Waals surface area contributed by atoms with Gasteiger partial charge in [0.1, 0.15) is 12.4 Å². The summed E-state index contributed by atoms with van der Waals surface area (Å²) < 4.78 is 24.1. The van der Waals surface area contributed by atoms with Crippen LogP contribution in [0.4, 0.5) is 0 Å². The molecule has 166 valence electrons. The molecule has 0 fully saturated rings. The van der Waals surface area contributed by atoms with Crippen LogP contribution in [0, 0.1) is 6.92 Å². The highest BCUT2D eigenvalue weighted by atomic mass is 32.2. The number of aryl methyl sites for hydroxylation is 1. The predicted molar refractivity (Wildman–Crippen MR) is 121 cm³/mol. The predicted octanol–water partition coefficient (Wildman–Crippen LogP) is 3.64. The summed E-state index contributed by atoms with van der Waals surface area (Å²) >= 11 is -1.39. The van der Waals surface area contributed by atoms with Gasteiger partial charge in [-0.05, 0) is 38.0 Å². The molecular formula is C25H25NO5S. The van der Waals surface area contributed by atoms with Gasteiger partial charge in [-0.2, -0.15) is 0 Å². The molecule has 2 heterocycles. The third-order valence-corrected chi connectivity index (χ3v) is 7.02. The third-order valence-electron chi connectivity index (χ3n) is 5.56. The van der Waals surface area contributed by atoms with E-state index in [-0.39, 0.29) is 13.2 Å². The Balaban J connectivity index is 1.80. The first kappa shape index (κ1) is 22.2. The van der Waals surface area contributed by atoms with Gasteiger partial charge in [0.05, 0.1) is 29.4 Å². The average molecular weight is 452 g/mol. The number of esters is 2. The maximum atomic E-state index is 13.5. The molecule has 0 amide bonds. The first-order valence-corrected chi connectivity index (χ1v) is 11.8. The van der Waals surface area contributed by atoms with Gasteiger partial charge in [-0.15, -0.1) is 0 Å². The number of hydrogen-bond acceptors (Lipinski definition) is 6. The molecule has 2 aliphatic heterocycles. The number of hydrogen-bond donors (Lipinski definition) is 1. The lowest BCUT2D eigenvalue weighted by atomic mass is 9.81. The van der Waals surface area contributed by atoms with Gasteiger partial charge in [0, 0.05) is 16.8 Å². The Morgan fingerprint density at radius 2 is 2.00 bits per heavy atom.